The lowest BCUT2D eigenvalue weighted by Gasteiger charge is -2.36. The SMILES string of the molecule is CC(C)(C)CC(C)(C)c1cc(C2C=CC(C(F)(F)F)=CC2)c(O)c(C(C)(C)c2ccccc2)c1. The predicted molar refractivity (Wildman–Crippen MR) is 134 cm³/mol. The molecule has 0 saturated carbocycles. The fourth-order valence-electron chi connectivity index (χ4n) is 5.31. The van der Waals surface area contributed by atoms with E-state index in [4.69, 9.17) is 0 Å². The molecule has 0 fully saturated rings. The summed E-state index contributed by atoms with van der Waals surface area (Å²) in [5, 5.41) is 11.5. The quantitative estimate of drug-likeness (QED) is 0.462. The van der Waals surface area contributed by atoms with E-state index in [-0.39, 0.29) is 28.9 Å². The van der Waals surface area contributed by atoms with Gasteiger partial charge in [0.05, 0.1) is 5.57 Å². The van der Waals surface area contributed by atoms with E-state index in [2.05, 4.69) is 54.5 Å². The molecule has 2 aromatic rings. The predicted octanol–water partition coefficient (Wildman–Crippen LogP) is 8.96. The van der Waals surface area contributed by atoms with Gasteiger partial charge < -0.3 is 5.11 Å². The number of phenolic OH excluding ortho intramolecular Hbond substituents is 1. The highest BCUT2D eigenvalue weighted by atomic mass is 19.4. The van der Waals surface area contributed by atoms with E-state index >= 15 is 0 Å². The second-order valence-corrected chi connectivity index (χ2v) is 11.9. The molecule has 1 N–H and O–H groups in total. The van der Waals surface area contributed by atoms with Crippen molar-refractivity contribution in [1.29, 1.82) is 0 Å². The van der Waals surface area contributed by atoms with Crippen molar-refractivity contribution in [3.8, 4) is 5.75 Å². The number of phenols is 1. The molecule has 0 bridgehead atoms. The molecule has 0 radical (unpaired) electrons. The molecular formula is C30H37F3O. The van der Waals surface area contributed by atoms with Crippen LogP contribution in [0.3, 0.4) is 0 Å². The van der Waals surface area contributed by atoms with Crippen molar-refractivity contribution in [2.24, 2.45) is 5.41 Å². The van der Waals surface area contributed by atoms with E-state index in [0.717, 1.165) is 29.2 Å². The van der Waals surface area contributed by atoms with Gasteiger partial charge in [0.15, 0.2) is 0 Å². The average Bonchev–Trinajstić information content (AvgIpc) is 2.72. The Morgan fingerprint density at radius 3 is 2.00 bits per heavy atom. The smallest absolute Gasteiger partial charge is 0.416 e. The molecule has 0 heterocycles. The van der Waals surface area contributed by atoms with Crippen LogP contribution in [-0.2, 0) is 10.8 Å². The maximum atomic E-state index is 13.2. The summed E-state index contributed by atoms with van der Waals surface area (Å²) in [7, 11) is 0. The van der Waals surface area contributed by atoms with E-state index in [1.54, 1.807) is 6.08 Å². The minimum Gasteiger partial charge on any atom is -0.507 e. The number of hydrogen-bond donors (Lipinski definition) is 1. The van der Waals surface area contributed by atoms with Crippen LogP contribution in [0.25, 0.3) is 0 Å². The number of allylic oxidation sites excluding steroid dienone is 4. The lowest BCUT2D eigenvalue weighted by Crippen LogP contribution is -2.27. The molecule has 4 heteroatoms. The zero-order valence-electron chi connectivity index (χ0n) is 21.3. The van der Waals surface area contributed by atoms with Crippen molar-refractivity contribution < 1.29 is 18.3 Å². The Hall–Kier alpha value is -2.49. The maximum Gasteiger partial charge on any atom is 0.416 e. The second-order valence-electron chi connectivity index (χ2n) is 11.9. The van der Waals surface area contributed by atoms with Crippen molar-refractivity contribution in [3.63, 3.8) is 0 Å². The fraction of sp³-hybridized carbons (Fsp3) is 0.467. The van der Waals surface area contributed by atoms with Crippen LogP contribution in [0.4, 0.5) is 13.2 Å². The van der Waals surface area contributed by atoms with Gasteiger partial charge in [0.2, 0.25) is 0 Å². The zero-order chi connectivity index (χ0) is 25.5. The molecule has 0 spiro atoms. The molecule has 1 atom stereocenters. The van der Waals surface area contributed by atoms with Crippen LogP contribution in [-0.4, -0.2) is 11.3 Å². The summed E-state index contributed by atoms with van der Waals surface area (Å²) in [6, 6.07) is 14.1. The highest BCUT2D eigenvalue weighted by molar-refractivity contribution is 5.55. The van der Waals surface area contributed by atoms with Crippen LogP contribution < -0.4 is 0 Å². The third kappa shape index (κ3) is 5.59. The minimum atomic E-state index is -4.36. The van der Waals surface area contributed by atoms with Gasteiger partial charge in [-0.15, -0.1) is 0 Å². The van der Waals surface area contributed by atoms with Gasteiger partial charge in [-0.3, -0.25) is 0 Å². The standard InChI is InChI=1S/C30H37F3O/c1-27(2,3)19-28(4,5)23-17-24(20-13-15-22(16-14-20)30(31,32)33)26(34)25(18-23)29(6,7)21-11-9-8-10-12-21/h8-13,15-18,20,34H,14,19H2,1-7H3. The number of hydrogen-bond acceptors (Lipinski definition) is 1. The van der Waals surface area contributed by atoms with Gasteiger partial charge >= 0.3 is 6.18 Å². The van der Waals surface area contributed by atoms with Gasteiger partial charge in [-0.05, 0) is 34.8 Å². The van der Waals surface area contributed by atoms with Crippen LogP contribution in [0.1, 0.15) is 89.5 Å². The van der Waals surface area contributed by atoms with Crippen molar-refractivity contribution in [2.45, 2.75) is 84.2 Å². The number of halogens is 3. The summed E-state index contributed by atoms with van der Waals surface area (Å²) in [6.45, 7) is 15.2. The molecule has 1 aliphatic carbocycles. The van der Waals surface area contributed by atoms with Crippen molar-refractivity contribution in [2.75, 3.05) is 0 Å². The first kappa shape index (κ1) is 26.1. The van der Waals surface area contributed by atoms with Crippen LogP contribution in [0.5, 0.6) is 5.75 Å². The molecule has 184 valence electrons. The van der Waals surface area contributed by atoms with Crippen LogP contribution >= 0.6 is 0 Å². The van der Waals surface area contributed by atoms with Gasteiger partial charge in [-0.25, -0.2) is 0 Å². The molecule has 1 nitrogen and oxygen atoms in total. The highest BCUT2D eigenvalue weighted by Crippen LogP contribution is 2.47. The second kappa shape index (κ2) is 8.94. The van der Waals surface area contributed by atoms with E-state index in [1.807, 2.05) is 36.4 Å². The third-order valence-corrected chi connectivity index (χ3v) is 6.89. The Labute approximate surface area is 202 Å². The normalized spacial score (nSPS) is 17.6. The lowest BCUT2D eigenvalue weighted by atomic mass is 9.68. The van der Waals surface area contributed by atoms with E-state index in [1.165, 1.54) is 6.08 Å². The van der Waals surface area contributed by atoms with Gasteiger partial charge in [-0.1, -0.05) is 109 Å². The largest absolute Gasteiger partial charge is 0.507 e. The summed E-state index contributed by atoms with van der Waals surface area (Å²) in [5.74, 6) is -0.149. The molecular weight excluding hydrogens is 433 g/mol. The number of benzene rings is 2. The Bertz CT molecular complexity index is 1080. The zero-order valence-corrected chi connectivity index (χ0v) is 21.3. The lowest BCUT2D eigenvalue weighted by molar-refractivity contribution is -0.0886. The van der Waals surface area contributed by atoms with Crippen LogP contribution in [0.2, 0.25) is 0 Å². The molecule has 3 rings (SSSR count). The van der Waals surface area contributed by atoms with Crippen molar-refractivity contribution >= 4 is 0 Å². The van der Waals surface area contributed by atoms with Gasteiger partial charge in [0, 0.05) is 22.5 Å². The van der Waals surface area contributed by atoms with Crippen LogP contribution in [0.15, 0.2) is 66.3 Å². The summed E-state index contributed by atoms with van der Waals surface area (Å²) < 4.78 is 39.5. The Kier molecular flexibility index (Phi) is 6.87. The monoisotopic (exact) mass is 470 g/mol. The first-order chi connectivity index (χ1) is 15.5. The molecule has 0 saturated heterocycles. The molecule has 0 aromatic heterocycles. The van der Waals surface area contributed by atoms with Crippen molar-refractivity contribution in [3.05, 3.63) is 88.5 Å². The first-order valence-corrected chi connectivity index (χ1v) is 11.9. The molecule has 0 aliphatic heterocycles. The summed E-state index contributed by atoms with van der Waals surface area (Å²) >= 11 is 0. The maximum absolute atomic E-state index is 13.2. The number of alkyl halides is 3. The molecule has 2 aromatic carbocycles. The van der Waals surface area contributed by atoms with Gasteiger partial charge in [-0.2, -0.15) is 13.2 Å². The fourth-order valence-corrected chi connectivity index (χ4v) is 5.31. The molecule has 1 aliphatic rings. The third-order valence-electron chi connectivity index (χ3n) is 6.89. The van der Waals surface area contributed by atoms with E-state index < -0.39 is 17.2 Å². The van der Waals surface area contributed by atoms with Gasteiger partial charge in [0.25, 0.3) is 0 Å². The average molecular weight is 471 g/mol. The number of aromatic hydroxyl groups is 1. The number of rotatable bonds is 5. The first-order valence-electron chi connectivity index (χ1n) is 11.9. The molecule has 0 amide bonds. The minimum absolute atomic E-state index is 0.0890. The Morgan fingerprint density at radius 2 is 1.50 bits per heavy atom. The summed E-state index contributed by atoms with van der Waals surface area (Å²) in [5.41, 5.74) is 2.43. The Balaban J connectivity index is 2.17. The molecule has 1 unspecified atom stereocenters. The Morgan fingerprint density at radius 1 is 0.882 bits per heavy atom. The van der Waals surface area contributed by atoms with E-state index in [0.29, 0.717) is 5.56 Å². The summed E-state index contributed by atoms with van der Waals surface area (Å²) in [6.07, 6.45) is 0.723. The topological polar surface area (TPSA) is 20.2 Å². The molecule has 34 heavy (non-hydrogen) atoms. The highest BCUT2D eigenvalue weighted by Gasteiger charge is 2.36. The summed E-state index contributed by atoms with van der Waals surface area (Å²) in [4.78, 5) is 0. The van der Waals surface area contributed by atoms with E-state index in [9.17, 15) is 18.3 Å². The van der Waals surface area contributed by atoms with Gasteiger partial charge in [0.1, 0.15) is 5.75 Å². The van der Waals surface area contributed by atoms with Crippen molar-refractivity contribution in [1.82, 2.24) is 0 Å². The van der Waals surface area contributed by atoms with Crippen LogP contribution in [0, 0.1) is 5.41 Å².